The molecule has 0 aliphatic carbocycles. The Hall–Kier alpha value is -3.02. The molecule has 0 aliphatic heterocycles. The fourth-order valence-corrected chi connectivity index (χ4v) is 2.77. The van der Waals surface area contributed by atoms with Crippen molar-refractivity contribution >= 4 is 23.2 Å². The number of methoxy groups -OCH3 is 2. The minimum Gasteiger partial charge on any atom is -0.497 e. The van der Waals surface area contributed by atoms with Crippen LogP contribution in [0.5, 0.6) is 11.5 Å². The van der Waals surface area contributed by atoms with Crippen LogP contribution in [0.25, 0.3) is 0 Å². The molecule has 0 saturated carbocycles. The van der Waals surface area contributed by atoms with Gasteiger partial charge in [-0.2, -0.15) is 0 Å². The highest BCUT2D eigenvalue weighted by molar-refractivity contribution is 6.08. The second-order valence-electron chi connectivity index (χ2n) is 6.53. The maximum atomic E-state index is 12.4. The summed E-state index contributed by atoms with van der Waals surface area (Å²) in [5.41, 5.74) is 3.26. The van der Waals surface area contributed by atoms with Crippen LogP contribution in [-0.2, 0) is 9.59 Å². The fraction of sp³-hybridized carbons (Fsp3) is 0.333. The summed E-state index contributed by atoms with van der Waals surface area (Å²) in [7, 11) is 3.05. The number of aryl methyl sites for hydroxylation is 1. The third-order valence-corrected chi connectivity index (χ3v) is 4.20. The van der Waals surface area contributed by atoms with E-state index in [0.717, 1.165) is 16.8 Å². The third kappa shape index (κ3) is 5.23. The smallest absolute Gasteiger partial charge is 0.233 e. The Kier molecular flexibility index (Phi) is 6.82. The third-order valence-electron chi connectivity index (χ3n) is 4.20. The van der Waals surface area contributed by atoms with Crippen molar-refractivity contribution in [2.24, 2.45) is 0 Å². The number of benzene rings is 2. The highest BCUT2D eigenvalue weighted by Gasteiger charge is 2.16. The van der Waals surface area contributed by atoms with E-state index in [1.807, 2.05) is 25.1 Å². The van der Waals surface area contributed by atoms with Crippen LogP contribution in [0, 0.1) is 6.92 Å². The van der Waals surface area contributed by atoms with Crippen molar-refractivity contribution in [3.8, 4) is 11.5 Å². The lowest BCUT2D eigenvalue weighted by molar-refractivity contribution is -0.123. The molecule has 0 radical (unpaired) electrons. The molecule has 2 aromatic carbocycles. The molecule has 0 aromatic heterocycles. The zero-order valence-corrected chi connectivity index (χ0v) is 16.4. The summed E-state index contributed by atoms with van der Waals surface area (Å²) in [4.78, 5) is 24.7. The van der Waals surface area contributed by atoms with Crippen molar-refractivity contribution in [3.05, 3.63) is 47.5 Å². The molecule has 6 heteroatoms. The lowest BCUT2D eigenvalue weighted by Gasteiger charge is -2.16. The molecular weight excluding hydrogens is 344 g/mol. The number of carbonyl (C=O) groups excluding carboxylic acids is 2. The second kappa shape index (κ2) is 9.07. The van der Waals surface area contributed by atoms with Crippen LogP contribution in [0.3, 0.4) is 0 Å². The van der Waals surface area contributed by atoms with Gasteiger partial charge in [-0.1, -0.05) is 32.0 Å². The largest absolute Gasteiger partial charge is 0.497 e. The van der Waals surface area contributed by atoms with Gasteiger partial charge >= 0.3 is 0 Å². The van der Waals surface area contributed by atoms with Crippen molar-refractivity contribution in [1.29, 1.82) is 0 Å². The van der Waals surface area contributed by atoms with Gasteiger partial charge in [-0.05, 0) is 36.1 Å². The molecule has 0 spiro atoms. The number of nitrogens with one attached hydrogen (secondary N) is 2. The van der Waals surface area contributed by atoms with Crippen LogP contribution in [0.15, 0.2) is 36.4 Å². The maximum Gasteiger partial charge on any atom is 0.233 e. The summed E-state index contributed by atoms with van der Waals surface area (Å²) in [6.45, 7) is 6.06. The molecule has 0 aliphatic rings. The number of carbonyl (C=O) groups is 2. The predicted octanol–water partition coefficient (Wildman–Crippen LogP) is 4.10. The zero-order valence-electron chi connectivity index (χ0n) is 16.4. The van der Waals surface area contributed by atoms with Crippen molar-refractivity contribution in [3.63, 3.8) is 0 Å². The number of rotatable bonds is 7. The highest BCUT2D eigenvalue weighted by atomic mass is 16.5. The van der Waals surface area contributed by atoms with E-state index in [9.17, 15) is 9.59 Å². The van der Waals surface area contributed by atoms with Gasteiger partial charge in [0.2, 0.25) is 11.8 Å². The molecule has 144 valence electrons. The molecule has 0 atom stereocenters. The van der Waals surface area contributed by atoms with Crippen molar-refractivity contribution in [2.75, 3.05) is 24.9 Å². The zero-order chi connectivity index (χ0) is 20.0. The molecule has 2 amide bonds. The Bertz CT molecular complexity index is 831. The van der Waals surface area contributed by atoms with Crippen molar-refractivity contribution < 1.29 is 19.1 Å². The minimum atomic E-state index is -0.421. The first-order valence-corrected chi connectivity index (χ1v) is 8.77. The van der Waals surface area contributed by atoms with E-state index in [2.05, 4.69) is 24.5 Å². The average molecular weight is 370 g/mol. The molecule has 0 saturated heterocycles. The SMILES string of the molecule is COc1ccc(NC(=O)CC(=O)Nc2c(C)cccc2C(C)C)c(OC)c1. The molecule has 6 nitrogen and oxygen atoms in total. The van der Waals surface area contributed by atoms with Crippen molar-refractivity contribution in [2.45, 2.75) is 33.1 Å². The molecular formula is C21H26N2O4. The summed E-state index contributed by atoms with van der Waals surface area (Å²) < 4.78 is 10.4. The predicted molar refractivity (Wildman–Crippen MR) is 107 cm³/mol. The molecule has 27 heavy (non-hydrogen) atoms. The number of hydrogen-bond donors (Lipinski definition) is 2. The van der Waals surface area contributed by atoms with Gasteiger partial charge in [0.25, 0.3) is 0 Å². The highest BCUT2D eigenvalue weighted by Crippen LogP contribution is 2.29. The second-order valence-corrected chi connectivity index (χ2v) is 6.53. The lowest BCUT2D eigenvalue weighted by atomic mass is 9.98. The lowest BCUT2D eigenvalue weighted by Crippen LogP contribution is -2.22. The molecule has 2 rings (SSSR count). The minimum absolute atomic E-state index is 0.262. The van der Waals surface area contributed by atoms with Crippen molar-refractivity contribution in [1.82, 2.24) is 0 Å². The Morgan fingerprint density at radius 1 is 1.00 bits per heavy atom. The van der Waals surface area contributed by atoms with Gasteiger partial charge in [-0.25, -0.2) is 0 Å². The van der Waals surface area contributed by atoms with E-state index in [-0.39, 0.29) is 18.2 Å². The first kappa shape index (κ1) is 20.3. The van der Waals surface area contributed by atoms with Gasteiger partial charge in [-0.3, -0.25) is 9.59 Å². The summed E-state index contributed by atoms with van der Waals surface area (Å²) in [5.74, 6) is 0.553. The molecule has 0 bridgehead atoms. The number of anilines is 2. The van der Waals surface area contributed by atoms with Crippen LogP contribution in [0.1, 0.15) is 37.3 Å². The van der Waals surface area contributed by atoms with Gasteiger partial charge in [0.15, 0.2) is 0 Å². The summed E-state index contributed by atoms with van der Waals surface area (Å²) >= 11 is 0. The Morgan fingerprint density at radius 3 is 2.33 bits per heavy atom. The molecule has 0 fully saturated rings. The van der Waals surface area contributed by atoms with Gasteiger partial charge < -0.3 is 20.1 Å². The van der Waals surface area contributed by atoms with Crippen LogP contribution in [-0.4, -0.2) is 26.0 Å². The van der Waals surface area contributed by atoms with E-state index in [1.165, 1.54) is 7.11 Å². The van der Waals surface area contributed by atoms with Gasteiger partial charge in [0.05, 0.1) is 19.9 Å². The van der Waals surface area contributed by atoms with Crippen LogP contribution < -0.4 is 20.1 Å². The summed E-state index contributed by atoms with van der Waals surface area (Å²) in [6.07, 6.45) is -0.291. The first-order valence-electron chi connectivity index (χ1n) is 8.77. The van der Waals surface area contributed by atoms with E-state index in [0.29, 0.717) is 17.2 Å². The Labute approximate surface area is 159 Å². The Morgan fingerprint density at radius 2 is 1.70 bits per heavy atom. The summed E-state index contributed by atoms with van der Waals surface area (Å²) in [6, 6.07) is 10.9. The van der Waals surface area contributed by atoms with E-state index in [1.54, 1.807) is 25.3 Å². The summed E-state index contributed by atoms with van der Waals surface area (Å²) in [5, 5.41) is 5.57. The topological polar surface area (TPSA) is 76.7 Å². The molecule has 0 unspecified atom stereocenters. The monoisotopic (exact) mass is 370 g/mol. The molecule has 2 aromatic rings. The van der Waals surface area contributed by atoms with Crippen LogP contribution >= 0.6 is 0 Å². The van der Waals surface area contributed by atoms with Gasteiger partial charge in [0, 0.05) is 11.8 Å². The molecule has 0 heterocycles. The van der Waals surface area contributed by atoms with Crippen LogP contribution in [0.4, 0.5) is 11.4 Å². The van der Waals surface area contributed by atoms with Gasteiger partial charge in [-0.15, -0.1) is 0 Å². The van der Waals surface area contributed by atoms with E-state index in [4.69, 9.17) is 9.47 Å². The first-order chi connectivity index (χ1) is 12.8. The van der Waals surface area contributed by atoms with Gasteiger partial charge in [0.1, 0.15) is 17.9 Å². The van der Waals surface area contributed by atoms with Crippen LogP contribution in [0.2, 0.25) is 0 Å². The number of para-hydroxylation sites is 1. The number of amides is 2. The standard InChI is InChI=1S/C21H26N2O4/c1-13(2)16-8-6-7-14(3)21(16)23-20(25)12-19(24)22-17-10-9-15(26-4)11-18(17)27-5/h6-11,13H,12H2,1-5H3,(H,22,24)(H,23,25). The van der Waals surface area contributed by atoms with E-state index >= 15 is 0 Å². The quantitative estimate of drug-likeness (QED) is 0.719. The number of hydrogen-bond acceptors (Lipinski definition) is 4. The normalized spacial score (nSPS) is 10.4. The Balaban J connectivity index is 2.06. The molecule has 2 N–H and O–H groups in total. The maximum absolute atomic E-state index is 12.4. The number of ether oxygens (including phenoxy) is 2. The van der Waals surface area contributed by atoms with E-state index < -0.39 is 5.91 Å². The average Bonchev–Trinajstić information content (AvgIpc) is 2.63. The fourth-order valence-electron chi connectivity index (χ4n) is 2.77.